The summed E-state index contributed by atoms with van der Waals surface area (Å²) in [6.45, 7) is 1.17. The Balaban J connectivity index is 2.50. The summed E-state index contributed by atoms with van der Waals surface area (Å²) in [5, 5.41) is 3.57. The van der Waals surface area contributed by atoms with Crippen molar-refractivity contribution in [2.24, 2.45) is 5.11 Å². The Morgan fingerprint density at radius 3 is 3.18 bits per heavy atom. The van der Waals surface area contributed by atoms with Crippen LogP contribution in [0.4, 0.5) is 0 Å². The van der Waals surface area contributed by atoms with Gasteiger partial charge in [0.05, 0.1) is 18.8 Å². The number of rotatable bonds is 2. The predicted octanol–water partition coefficient (Wildman–Crippen LogP) is 1.10. The molecule has 1 aliphatic rings. The number of hydrogen-bond donors (Lipinski definition) is 0. The number of methoxy groups -OCH3 is 1. The van der Waals surface area contributed by atoms with Gasteiger partial charge >= 0.3 is 0 Å². The molecule has 1 saturated heterocycles. The van der Waals surface area contributed by atoms with Crippen LogP contribution in [0.25, 0.3) is 10.4 Å². The van der Waals surface area contributed by atoms with Gasteiger partial charge in [-0.1, -0.05) is 5.11 Å². The molecule has 0 radical (unpaired) electrons. The zero-order valence-electron chi connectivity index (χ0n) is 6.43. The van der Waals surface area contributed by atoms with E-state index in [-0.39, 0.29) is 12.1 Å². The summed E-state index contributed by atoms with van der Waals surface area (Å²) < 4.78 is 10.2. The molecule has 1 fully saturated rings. The Kier molecular flexibility index (Phi) is 3.16. The molecule has 0 aliphatic carbocycles. The average Bonchev–Trinajstić information content (AvgIpc) is 2.06. The zero-order chi connectivity index (χ0) is 8.10. The Morgan fingerprint density at radius 1 is 1.73 bits per heavy atom. The van der Waals surface area contributed by atoms with E-state index in [9.17, 15) is 0 Å². The summed E-state index contributed by atoms with van der Waals surface area (Å²) in [6.07, 6.45) is 0.833. The lowest BCUT2D eigenvalue weighted by molar-refractivity contribution is -0.0256. The maximum absolute atomic E-state index is 8.18. The summed E-state index contributed by atoms with van der Waals surface area (Å²) >= 11 is 0. The number of azide groups is 1. The lowest BCUT2D eigenvalue weighted by Gasteiger charge is -2.26. The van der Waals surface area contributed by atoms with Gasteiger partial charge < -0.3 is 9.47 Å². The third-order valence-electron chi connectivity index (χ3n) is 1.77. The number of nitrogens with zero attached hydrogens (tertiary/aromatic N) is 3. The van der Waals surface area contributed by atoms with Crippen LogP contribution in [0, 0.1) is 0 Å². The second-order valence-electron chi connectivity index (χ2n) is 2.41. The molecule has 0 amide bonds. The van der Waals surface area contributed by atoms with Crippen LogP contribution in [0.2, 0.25) is 0 Å². The highest BCUT2D eigenvalue weighted by molar-refractivity contribution is 4.80. The van der Waals surface area contributed by atoms with Gasteiger partial charge in [0.15, 0.2) is 0 Å². The summed E-state index contributed by atoms with van der Waals surface area (Å²) in [6, 6.07) is -0.154. The highest BCUT2D eigenvalue weighted by Gasteiger charge is 2.23. The summed E-state index contributed by atoms with van der Waals surface area (Å²) in [7, 11) is 1.62. The summed E-state index contributed by atoms with van der Waals surface area (Å²) in [5.74, 6) is 0. The smallest absolute Gasteiger partial charge is 0.0870 e. The van der Waals surface area contributed by atoms with E-state index < -0.39 is 0 Å². The standard InChI is InChI=1S/C6H11N3O2/c1-10-6-2-3-11-4-5(6)8-9-7/h5-6H,2-4H2,1H3/t5-,6-/m1/s1. The summed E-state index contributed by atoms with van der Waals surface area (Å²) in [5.41, 5.74) is 8.18. The van der Waals surface area contributed by atoms with Crippen molar-refractivity contribution in [1.82, 2.24) is 0 Å². The Bertz CT molecular complexity index is 167. The van der Waals surface area contributed by atoms with E-state index in [0.29, 0.717) is 13.2 Å². The van der Waals surface area contributed by atoms with Crippen LogP contribution in [0.5, 0.6) is 0 Å². The van der Waals surface area contributed by atoms with Gasteiger partial charge in [0.1, 0.15) is 0 Å². The zero-order valence-corrected chi connectivity index (χ0v) is 6.43. The number of ether oxygens (including phenoxy) is 2. The van der Waals surface area contributed by atoms with Crippen LogP contribution in [-0.2, 0) is 9.47 Å². The Morgan fingerprint density at radius 2 is 2.55 bits per heavy atom. The molecule has 1 heterocycles. The fraction of sp³-hybridized carbons (Fsp3) is 1.00. The van der Waals surface area contributed by atoms with E-state index in [1.807, 2.05) is 0 Å². The van der Waals surface area contributed by atoms with Crippen molar-refractivity contribution in [2.45, 2.75) is 18.6 Å². The summed E-state index contributed by atoms with van der Waals surface area (Å²) in [4.78, 5) is 2.72. The molecule has 0 bridgehead atoms. The molecule has 0 aromatic heterocycles. The molecule has 62 valence electrons. The lowest BCUT2D eigenvalue weighted by atomic mass is 10.1. The molecule has 5 nitrogen and oxygen atoms in total. The van der Waals surface area contributed by atoms with E-state index in [0.717, 1.165) is 6.42 Å². The molecule has 1 rings (SSSR count). The van der Waals surface area contributed by atoms with Crippen LogP contribution in [-0.4, -0.2) is 32.5 Å². The Hall–Kier alpha value is -0.770. The molecule has 2 atom stereocenters. The quantitative estimate of drug-likeness (QED) is 0.342. The molecule has 1 aliphatic heterocycles. The van der Waals surface area contributed by atoms with Crippen LogP contribution in [0.15, 0.2) is 5.11 Å². The normalized spacial score (nSPS) is 31.0. The highest BCUT2D eigenvalue weighted by Crippen LogP contribution is 2.13. The van der Waals surface area contributed by atoms with Crippen molar-refractivity contribution >= 4 is 0 Å². The van der Waals surface area contributed by atoms with Crippen molar-refractivity contribution in [1.29, 1.82) is 0 Å². The monoisotopic (exact) mass is 157 g/mol. The predicted molar refractivity (Wildman–Crippen MR) is 39.2 cm³/mol. The molecule has 0 spiro atoms. The van der Waals surface area contributed by atoms with E-state index >= 15 is 0 Å². The van der Waals surface area contributed by atoms with Crippen molar-refractivity contribution in [3.63, 3.8) is 0 Å². The van der Waals surface area contributed by atoms with E-state index in [2.05, 4.69) is 10.0 Å². The Labute approximate surface area is 64.9 Å². The van der Waals surface area contributed by atoms with Gasteiger partial charge in [-0.05, 0) is 12.0 Å². The second kappa shape index (κ2) is 4.18. The minimum atomic E-state index is -0.154. The average molecular weight is 157 g/mol. The third-order valence-corrected chi connectivity index (χ3v) is 1.77. The second-order valence-corrected chi connectivity index (χ2v) is 2.41. The van der Waals surface area contributed by atoms with E-state index in [4.69, 9.17) is 15.0 Å². The van der Waals surface area contributed by atoms with Crippen molar-refractivity contribution in [2.75, 3.05) is 20.3 Å². The van der Waals surface area contributed by atoms with Crippen LogP contribution >= 0.6 is 0 Å². The highest BCUT2D eigenvalue weighted by atomic mass is 16.5. The SMILES string of the molecule is CO[C@@H]1CCOC[C@H]1N=[N+]=[N-]. The van der Waals surface area contributed by atoms with Gasteiger partial charge in [-0.2, -0.15) is 0 Å². The third kappa shape index (κ3) is 2.08. The lowest BCUT2D eigenvalue weighted by Crippen LogP contribution is -2.36. The van der Waals surface area contributed by atoms with Crippen molar-refractivity contribution in [3.8, 4) is 0 Å². The molecular formula is C6H11N3O2. The molecule has 0 unspecified atom stereocenters. The topological polar surface area (TPSA) is 67.2 Å². The fourth-order valence-electron chi connectivity index (χ4n) is 1.15. The first-order valence-corrected chi connectivity index (χ1v) is 3.53. The minimum Gasteiger partial charge on any atom is -0.381 e. The molecule has 11 heavy (non-hydrogen) atoms. The maximum atomic E-state index is 8.18. The van der Waals surface area contributed by atoms with E-state index in [1.165, 1.54) is 0 Å². The number of hydrogen-bond acceptors (Lipinski definition) is 3. The first-order valence-electron chi connectivity index (χ1n) is 3.53. The van der Waals surface area contributed by atoms with Crippen molar-refractivity contribution in [3.05, 3.63) is 10.4 Å². The fourth-order valence-corrected chi connectivity index (χ4v) is 1.15. The molecular weight excluding hydrogens is 146 g/mol. The largest absolute Gasteiger partial charge is 0.381 e. The van der Waals surface area contributed by atoms with Crippen molar-refractivity contribution < 1.29 is 9.47 Å². The first kappa shape index (κ1) is 8.33. The minimum absolute atomic E-state index is 0.0275. The van der Waals surface area contributed by atoms with Crippen LogP contribution in [0.1, 0.15) is 6.42 Å². The van der Waals surface area contributed by atoms with Gasteiger partial charge in [-0.3, -0.25) is 0 Å². The molecule has 5 heteroatoms. The van der Waals surface area contributed by atoms with Gasteiger partial charge in [0.25, 0.3) is 0 Å². The van der Waals surface area contributed by atoms with E-state index in [1.54, 1.807) is 7.11 Å². The van der Waals surface area contributed by atoms with Crippen LogP contribution < -0.4 is 0 Å². The maximum Gasteiger partial charge on any atom is 0.0870 e. The first-order chi connectivity index (χ1) is 5.38. The van der Waals surface area contributed by atoms with Gasteiger partial charge in [0, 0.05) is 18.6 Å². The van der Waals surface area contributed by atoms with Gasteiger partial charge in [-0.15, -0.1) is 0 Å². The molecule has 0 aromatic rings. The van der Waals surface area contributed by atoms with Gasteiger partial charge in [-0.25, -0.2) is 0 Å². The molecule has 0 aromatic carbocycles. The molecule has 0 N–H and O–H groups in total. The van der Waals surface area contributed by atoms with Gasteiger partial charge in [0.2, 0.25) is 0 Å². The van der Waals surface area contributed by atoms with Crippen LogP contribution in [0.3, 0.4) is 0 Å². The molecule has 0 saturated carbocycles.